The highest BCUT2D eigenvalue weighted by molar-refractivity contribution is 5.92. The lowest BCUT2D eigenvalue weighted by atomic mass is 10.1. The van der Waals surface area contributed by atoms with Crippen LogP contribution in [0, 0.1) is 0 Å². The monoisotopic (exact) mass is 326 g/mol. The van der Waals surface area contributed by atoms with Crippen LogP contribution >= 0.6 is 0 Å². The molecule has 1 aromatic carbocycles. The van der Waals surface area contributed by atoms with E-state index in [4.69, 9.17) is 0 Å². The molecule has 24 heavy (non-hydrogen) atoms. The molecule has 0 aliphatic rings. The Balaban J connectivity index is 1.76. The van der Waals surface area contributed by atoms with Crippen molar-refractivity contribution in [2.75, 3.05) is 25.0 Å². The van der Waals surface area contributed by atoms with Gasteiger partial charge in [-0.25, -0.2) is 0 Å². The number of aromatic nitrogens is 2. The van der Waals surface area contributed by atoms with E-state index in [0.29, 0.717) is 12.2 Å². The molecule has 1 heterocycles. The van der Waals surface area contributed by atoms with Gasteiger partial charge in [0.2, 0.25) is 0 Å². The number of nitrogens with one attached hydrogen (secondary N) is 1. The van der Waals surface area contributed by atoms with Crippen molar-refractivity contribution in [3.8, 4) is 0 Å². The molecule has 2 aromatic rings. The number of benzene rings is 1. The molecule has 1 N–H and O–H groups in total. The molecule has 0 saturated heterocycles. The number of hydrogen-bond acceptors (Lipinski definition) is 4. The summed E-state index contributed by atoms with van der Waals surface area (Å²) in [5.41, 5.74) is 1.65. The highest BCUT2D eigenvalue weighted by atomic mass is 16.1. The van der Waals surface area contributed by atoms with Crippen molar-refractivity contribution in [2.24, 2.45) is 0 Å². The summed E-state index contributed by atoms with van der Waals surface area (Å²) in [7, 11) is 1.99. The van der Waals surface area contributed by atoms with Crippen LogP contribution in [0.25, 0.3) is 0 Å². The molecule has 1 amide bonds. The smallest absolute Gasteiger partial charge is 0.271 e. The third kappa shape index (κ3) is 5.65. The van der Waals surface area contributed by atoms with E-state index in [1.54, 1.807) is 6.07 Å². The van der Waals surface area contributed by atoms with E-state index in [2.05, 4.69) is 39.5 Å². The van der Waals surface area contributed by atoms with Gasteiger partial charge in [0.05, 0.1) is 0 Å². The van der Waals surface area contributed by atoms with E-state index in [1.807, 2.05) is 31.3 Å². The molecule has 0 aliphatic carbocycles. The van der Waals surface area contributed by atoms with Gasteiger partial charge in [-0.05, 0) is 37.0 Å². The van der Waals surface area contributed by atoms with Crippen molar-refractivity contribution in [3.05, 3.63) is 53.7 Å². The number of amides is 1. The summed E-state index contributed by atoms with van der Waals surface area (Å²) in [5.74, 6) is 0.627. The number of aryl methyl sites for hydroxylation is 1. The summed E-state index contributed by atoms with van der Waals surface area (Å²) in [5, 5.41) is 11.1. The minimum Gasteiger partial charge on any atom is -0.358 e. The quantitative estimate of drug-likeness (QED) is 0.720. The van der Waals surface area contributed by atoms with Gasteiger partial charge in [-0.3, -0.25) is 4.79 Å². The Labute approximate surface area is 144 Å². The minimum absolute atomic E-state index is 0.168. The Morgan fingerprint density at radius 1 is 1.08 bits per heavy atom. The Kier molecular flexibility index (Phi) is 7.21. The van der Waals surface area contributed by atoms with Crippen LogP contribution in [-0.4, -0.2) is 36.2 Å². The lowest BCUT2D eigenvalue weighted by Crippen LogP contribution is -2.26. The second-order valence-corrected chi connectivity index (χ2v) is 5.90. The molecule has 0 aliphatic heterocycles. The fourth-order valence-corrected chi connectivity index (χ4v) is 2.39. The molecular weight excluding hydrogens is 300 g/mol. The summed E-state index contributed by atoms with van der Waals surface area (Å²) >= 11 is 0. The molecule has 0 spiro atoms. The predicted octanol–water partition coefficient (Wildman–Crippen LogP) is 3.08. The molecule has 0 saturated carbocycles. The molecule has 2 rings (SSSR count). The summed E-state index contributed by atoms with van der Waals surface area (Å²) in [6, 6.07) is 13.8. The first-order valence-electron chi connectivity index (χ1n) is 8.57. The first kappa shape index (κ1) is 17.9. The summed E-state index contributed by atoms with van der Waals surface area (Å²) < 4.78 is 0. The van der Waals surface area contributed by atoms with Gasteiger partial charge in [-0.1, -0.05) is 43.7 Å². The topological polar surface area (TPSA) is 58.1 Å². The van der Waals surface area contributed by atoms with E-state index in [1.165, 1.54) is 5.56 Å². The number of carbonyl (C=O) groups excluding carboxylic acids is 1. The summed E-state index contributed by atoms with van der Waals surface area (Å²) in [4.78, 5) is 14.1. The molecule has 1 aromatic heterocycles. The van der Waals surface area contributed by atoms with Gasteiger partial charge in [-0.15, -0.1) is 10.2 Å². The lowest BCUT2D eigenvalue weighted by molar-refractivity contribution is 0.0947. The second-order valence-electron chi connectivity index (χ2n) is 5.90. The standard InChI is InChI=1S/C19H26N4O/c1-3-4-15-23(2)18-13-12-17(21-22-18)19(24)20-14-8-11-16-9-6-5-7-10-16/h5-7,9-10,12-13H,3-4,8,11,14-15H2,1-2H3,(H,20,24). The van der Waals surface area contributed by atoms with Crippen LogP contribution in [-0.2, 0) is 6.42 Å². The SMILES string of the molecule is CCCCN(C)c1ccc(C(=O)NCCCc2ccccc2)nn1. The third-order valence-electron chi connectivity index (χ3n) is 3.89. The average molecular weight is 326 g/mol. The van der Waals surface area contributed by atoms with E-state index in [-0.39, 0.29) is 5.91 Å². The Morgan fingerprint density at radius 2 is 1.88 bits per heavy atom. The largest absolute Gasteiger partial charge is 0.358 e. The maximum atomic E-state index is 12.1. The highest BCUT2D eigenvalue weighted by Gasteiger charge is 2.09. The van der Waals surface area contributed by atoms with Gasteiger partial charge >= 0.3 is 0 Å². The molecule has 0 unspecified atom stereocenters. The molecule has 5 heteroatoms. The number of anilines is 1. The maximum absolute atomic E-state index is 12.1. The zero-order valence-corrected chi connectivity index (χ0v) is 14.5. The van der Waals surface area contributed by atoms with Crippen LogP contribution < -0.4 is 10.2 Å². The van der Waals surface area contributed by atoms with Gasteiger partial charge in [0.1, 0.15) is 0 Å². The lowest BCUT2D eigenvalue weighted by Gasteiger charge is -2.16. The van der Waals surface area contributed by atoms with Crippen molar-refractivity contribution in [1.82, 2.24) is 15.5 Å². The number of unbranched alkanes of at least 4 members (excludes halogenated alkanes) is 1. The number of carbonyl (C=O) groups is 1. The average Bonchev–Trinajstić information content (AvgIpc) is 2.64. The van der Waals surface area contributed by atoms with Crippen LogP contribution in [0.2, 0.25) is 0 Å². The number of hydrogen-bond donors (Lipinski definition) is 1. The van der Waals surface area contributed by atoms with Crippen LogP contribution in [0.3, 0.4) is 0 Å². The first-order chi connectivity index (χ1) is 11.7. The highest BCUT2D eigenvalue weighted by Crippen LogP contribution is 2.08. The van der Waals surface area contributed by atoms with Gasteiger partial charge in [0.25, 0.3) is 5.91 Å². The van der Waals surface area contributed by atoms with Crippen molar-refractivity contribution in [2.45, 2.75) is 32.6 Å². The predicted molar refractivity (Wildman–Crippen MR) is 97.3 cm³/mol. The molecule has 5 nitrogen and oxygen atoms in total. The Bertz CT molecular complexity index is 613. The van der Waals surface area contributed by atoms with Gasteiger partial charge < -0.3 is 10.2 Å². The number of nitrogens with zero attached hydrogens (tertiary/aromatic N) is 3. The Hall–Kier alpha value is -2.43. The van der Waals surface area contributed by atoms with E-state index < -0.39 is 0 Å². The summed E-state index contributed by atoms with van der Waals surface area (Å²) in [6.07, 6.45) is 4.11. The van der Waals surface area contributed by atoms with Crippen LogP contribution in [0.4, 0.5) is 5.82 Å². The molecular formula is C19H26N4O. The van der Waals surface area contributed by atoms with Gasteiger partial charge in [-0.2, -0.15) is 0 Å². The zero-order chi connectivity index (χ0) is 17.2. The Morgan fingerprint density at radius 3 is 2.54 bits per heavy atom. The van der Waals surface area contributed by atoms with Crippen molar-refractivity contribution < 1.29 is 4.79 Å². The fraction of sp³-hybridized carbons (Fsp3) is 0.421. The van der Waals surface area contributed by atoms with Crippen LogP contribution in [0.1, 0.15) is 42.2 Å². The zero-order valence-electron chi connectivity index (χ0n) is 14.5. The van der Waals surface area contributed by atoms with Crippen molar-refractivity contribution in [3.63, 3.8) is 0 Å². The minimum atomic E-state index is -0.168. The van der Waals surface area contributed by atoms with Crippen molar-refractivity contribution >= 4 is 11.7 Å². The van der Waals surface area contributed by atoms with Gasteiger partial charge in [0, 0.05) is 20.1 Å². The molecule has 0 bridgehead atoms. The normalized spacial score (nSPS) is 10.4. The van der Waals surface area contributed by atoms with E-state index in [9.17, 15) is 4.79 Å². The third-order valence-corrected chi connectivity index (χ3v) is 3.89. The molecule has 0 radical (unpaired) electrons. The van der Waals surface area contributed by atoms with Crippen molar-refractivity contribution in [1.29, 1.82) is 0 Å². The summed E-state index contributed by atoms with van der Waals surface area (Å²) in [6.45, 7) is 3.73. The van der Waals surface area contributed by atoms with E-state index in [0.717, 1.165) is 38.0 Å². The maximum Gasteiger partial charge on any atom is 0.271 e. The fourth-order valence-electron chi connectivity index (χ4n) is 2.39. The van der Waals surface area contributed by atoms with Gasteiger partial charge in [0.15, 0.2) is 11.5 Å². The van der Waals surface area contributed by atoms with Crippen LogP contribution in [0.5, 0.6) is 0 Å². The molecule has 128 valence electrons. The van der Waals surface area contributed by atoms with Crippen LogP contribution in [0.15, 0.2) is 42.5 Å². The molecule has 0 atom stereocenters. The van der Waals surface area contributed by atoms with E-state index >= 15 is 0 Å². The number of rotatable bonds is 9. The molecule has 0 fully saturated rings. The second kappa shape index (κ2) is 9.65. The first-order valence-corrected chi connectivity index (χ1v) is 8.57.